The Morgan fingerprint density at radius 3 is 2.27 bits per heavy atom. The van der Waals surface area contributed by atoms with Crippen LogP contribution in [0.1, 0.15) is 13.3 Å². The molecule has 0 aliphatic carbocycles. The summed E-state index contributed by atoms with van der Waals surface area (Å²) in [6.07, 6.45) is 0.263. The average molecular weight is 178 g/mol. The van der Waals surface area contributed by atoms with Crippen molar-refractivity contribution in [2.24, 2.45) is 5.92 Å². The van der Waals surface area contributed by atoms with E-state index in [4.69, 9.17) is 5.11 Å². The van der Waals surface area contributed by atoms with E-state index in [2.05, 4.69) is 0 Å². The summed E-state index contributed by atoms with van der Waals surface area (Å²) in [6.45, 7) is 1.46. The van der Waals surface area contributed by atoms with E-state index in [9.17, 15) is 13.2 Å². The van der Waals surface area contributed by atoms with Crippen LogP contribution in [0, 0.1) is 5.92 Å². The molecule has 4 nitrogen and oxygen atoms in total. The lowest BCUT2D eigenvalue weighted by atomic mass is 10.0. The lowest BCUT2D eigenvalue weighted by molar-refractivity contribution is -0.141. The van der Waals surface area contributed by atoms with Gasteiger partial charge in [0.05, 0.1) is 16.9 Å². The molecule has 2 atom stereocenters. The molecular weight excluding hydrogens is 168 g/mol. The van der Waals surface area contributed by atoms with Crippen molar-refractivity contribution < 1.29 is 18.3 Å². The van der Waals surface area contributed by atoms with Crippen LogP contribution in [-0.2, 0) is 14.6 Å². The fourth-order valence-corrected chi connectivity index (χ4v) is 2.99. The molecule has 0 aromatic carbocycles. The topological polar surface area (TPSA) is 71.4 Å². The molecule has 64 valence electrons. The van der Waals surface area contributed by atoms with Crippen LogP contribution in [0.2, 0.25) is 0 Å². The van der Waals surface area contributed by atoms with Crippen molar-refractivity contribution in [3.05, 3.63) is 0 Å². The van der Waals surface area contributed by atoms with Gasteiger partial charge in [0.2, 0.25) is 0 Å². The fraction of sp³-hybridized carbons (Fsp3) is 0.833. The summed E-state index contributed by atoms with van der Waals surface area (Å²) < 4.78 is 22.0. The zero-order valence-corrected chi connectivity index (χ0v) is 6.97. The van der Waals surface area contributed by atoms with E-state index in [0.717, 1.165) is 0 Å². The maximum absolute atomic E-state index is 11.0. The van der Waals surface area contributed by atoms with Crippen LogP contribution in [0.4, 0.5) is 0 Å². The summed E-state index contributed by atoms with van der Waals surface area (Å²) in [6, 6.07) is 0. The Balaban J connectivity index is 2.88. The zero-order valence-electron chi connectivity index (χ0n) is 6.15. The molecule has 1 N–H and O–H groups in total. The van der Waals surface area contributed by atoms with Crippen molar-refractivity contribution in [2.45, 2.75) is 18.6 Å². The molecule has 0 radical (unpaired) electrons. The monoisotopic (exact) mass is 178 g/mol. The first-order valence-electron chi connectivity index (χ1n) is 3.39. The van der Waals surface area contributed by atoms with Gasteiger partial charge in [-0.1, -0.05) is 0 Å². The molecule has 0 saturated carbocycles. The first kappa shape index (κ1) is 8.52. The molecule has 1 rings (SSSR count). The third-order valence-electron chi connectivity index (χ3n) is 2.16. The van der Waals surface area contributed by atoms with Gasteiger partial charge in [-0.2, -0.15) is 0 Å². The molecule has 0 amide bonds. The van der Waals surface area contributed by atoms with Crippen LogP contribution in [0.3, 0.4) is 0 Å². The highest BCUT2D eigenvalue weighted by Gasteiger charge is 2.40. The normalized spacial score (nSPS) is 35.4. The van der Waals surface area contributed by atoms with E-state index in [1.165, 1.54) is 6.92 Å². The third kappa shape index (κ3) is 1.38. The smallest absolute Gasteiger partial charge is 0.307 e. The largest absolute Gasteiger partial charge is 0.481 e. The minimum Gasteiger partial charge on any atom is -0.481 e. The van der Waals surface area contributed by atoms with Crippen molar-refractivity contribution in [3.8, 4) is 0 Å². The van der Waals surface area contributed by atoms with Gasteiger partial charge < -0.3 is 5.11 Å². The molecule has 0 aromatic heterocycles. The molecule has 1 fully saturated rings. The summed E-state index contributed by atoms with van der Waals surface area (Å²) in [7, 11) is -3.10. The Labute approximate surface area is 65.1 Å². The Morgan fingerprint density at radius 1 is 1.55 bits per heavy atom. The van der Waals surface area contributed by atoms with Crippen LogP contribution in [0.5, 0.6) is 0 Å². The van der Waals surface area contributed by atoms with Gasteiger partial charge in [0.1, 0.15) is 0 Å². The van der Waals surface area contributed by atoms with E-state index in [0.29, 0.717) is 0 Å². The second-order valence-electron chi connectivity index (χ2n) is 2.81. The molecule has 1 heterocycles. The summed E-state index contributed by atoms with van der Waals surface area (Å²) in [5, 5.41) is 7.84. The van der Waals surface area contributed by atoms with Crippen molar-refractivity contribution in [2.75, 3.05) is 5.75 Å². The van der Waals surface area contributed by atoms with Gasteiger partial charge in [-0.05, 0) is 13.3 Å². The number of hydrogen-bond acceptors (Lipinski definition) is 3. The molecule has 11 heavy (non-hydrogen) atoms. The third-order valence-corrected chi connectivity index (χ3v) is 4.43. The molecule has 0 bridgehead atoms. The van der Waals surface area contributed by atoms with E-state index in [-0.39, 0.29) is 12.2 Å². The predicted molar refractivity (Wildman–Crippen MR) is 39.0 cm³/mol. The quantitative estimate of drug-likeness (QED) is 0.608. The van der Waals surface area contributed by atoms with Gasteiger partial charge in [-0.25, -0.2) is 8.42 Å². The van der Waals surface area contributed by atoms with E-state index < -0.39 is 27.0 Å². The Bertz CT molecular complexity index is 266. The standard InChI is InChI=1S/C6H10O4S/c1-4-5(6(7)8)2-3-11(4,9)10/h4-5H,2-3H2,1H3,(H,7,8). The number of rotatable bonds is 1. The Kier molecular flexibility index (Phi) is 1.92. The van der Waals surface area contributed by atoms with Crippen LogP contribution in [-0.4, -0.2) is 30.5 Å². The minimum atomic E-state index is -3.10. The first-order valence-corrected chi connectivity index (χ1v) is 5.11. The summed E-state index contributed by atoms with van der Waals surface area (Å²) in [5.74, 6) is -1.68. The molecular formula is C6H10O4S. The maximum Gasteiger partial charge on any atom is 0.307 e. The Hall–Kier alpha value is -0.580. The molecule has 5 heteroatoms. The van der Waals surface area contributed by atoms with Gasteiger partial charge in [0.15, 0.2) is 9.84 Å². The first-order chi connectivity index (χ1) is 4.95. The lowest BCUT2D eigenvalue weighted by Gasteiger charge is -2.06. The SMILES string of the molecule is CC1C(C(=O)O)CCS1(=O)=O. The maximum atomic E-state index is 11.0. The highest BCUT2D eigenvalue weighted by Crippen LogP contribution is 2.26. The molecule has 1 saturated heterocycles. The van der Waals surface area contributed by atoms with Crippen LogP contribution in [0.15, 0.2) is 0 Å². The molecule has 1 aliphatic rings. The van der Waals surface area contributed by atoms with Gasteiger partial charge in [-0.3, -0.25) is 4.79 Å². The second-order valence-corrected chi connectivity index (χ2v) is 5.28. The zero-order chi connectivity index (χ0) is 8.65. The van der Waals surface area contributed by atoms with Crippen molar-refractivity contribution in [1.82, 2.24) is 0 Å². The van der Waals surface area contributed by atoms with Crippen molar-refractivity contribution in [3.63, 3.8) is 0 Å². The van der Waals surface area contributed by atoms with Gasteiger partial charge >= 0.3 is 5.97 Å². The van der Waals surface area contributed by atoms with E-state index in [1.807, 2.05) is 0 Å². The van der Waals surface area contributed by atoms with Crippen LogP contribution < -0.4 is 0 Å². The van der Waals surface area contributed by atoms with E-state index >= 15 is 0 Å². The number of sulfone groups is 1. The van der Waals surface area contributed by atoms with Gasteiger partial charge in [0, 0.05) is 0 Å². The summed E-state index contributed by atoms with van der Waals surface area (Å²) in [4.78, 5) is 10.4. The average Bonchev–Trinajstić information content (AvgIpc) is 2.09. The molecule has 2 unspecified atom stereocenters. The number of hydrogen-bond donors (Lipinski definition) is 1. The second kappa shape index (κ2) is 2.48. The van der Waals surface area contributed by atoms with Crippen molar-refractivity contribution >= 4 is 15.8 Å². The number of carboxylic acid groups (broad SMARTS) is 1. The Morgan fingerprint density at radius 2 is 2.09 bits per heavy atom. The van der Waals surface area contributed by atoms with Crippen molar-refractivity contribution in [1.29, 1.82) is 0 Å². The predicted octanol–water partition coefficient (Wildman–Crippen LogP) is -0.106. The van der Waals surface area contributed by atoms with Crippen LogP contribution >= 0.6 is 0 Å². The fourth-order valence-electron chi connectivity index (χ4n) is 1.29. The van der Waals surface area contributed by atoms with Gasteiger partial charge in [0.25, 0.3) is 0 Å². The molecule has 0 spiro atoms. The minimum absolute atomic E-state index is 0.0190. The van der Waals surface area contributed by atoms with E-state index in [1.54, 1.807) is 0 Å². The molecule has 1 aliphatic heterocycles. The number of aliphatic carboxylic acids is 1. The number of carbonyl (C=O) groups is 1. The number of carboxylic acids is 1. The highest BCUT2D eigenvalue weighted by molar-refractivity contribution is 7.92. The highest BCUT2D eigenvalue weighted by atomic mass is 32.2. The summed E-state index contributed by atoms with van der Waals surface area (Å²) in [5.41, 5.74) is 0. The lowest BCUT2D eigenvalue weighted by Crippen LogP contribution is -2.24. The molecule has 0 aromatic rings. The van der Waals surface area contributed by atoms with Crippen LogP contribution in [0.25, 0.3) is 0 Å². The van der Waals surface area contributed by atoms with Gasteiger partial charge in [-0.15, -0.1) is 0 Å². The summed E-state index contributed by atoms with van der Waals surface area (Å²) >= 11 is 0.